The van der Waals surface area contributed by atoms with Gasteiger partial charge in [-0.1, -0.05) is 12.1 Å². The summed E-state index contributed by atoms with van der Waals surface area (Å²) in [5.74, 6) is -0.655. The largest absolute Gasteiger partial charge is 1.00 e. The van der Waals surface area contributed by atoms with E-state index >= 15 is 0 Å². The number of phenols is 2. The number of rotatable bonds is 4. The van der Waals surface area contributed by atoms with Gasteiger partial charge in [-0.2, -0.15) is 0 Å². The quantitative estimate of drug-likeness (QED) is 0.207. The minimum absolute atomic E-state index is 0. The molecule has 0 saturated heterocycles. The molecule has 0 heterocycles. The number of azo groups is 1. The van der Waals surface area contributed by atoms with E-state index in [-0.39, 0.29) is 63.5 Å². The van der Waals surface area contributed by atoms with Gasteiger partial charge in [0.05, 0.1) is 9.82 Å². The van der Waals surface area contributed by atoms with E-state index in [9.17, 15) is 33.3 Å². The molecule has 12 heteroatoms. The van der Waals surface area contributed by atoms with Crippen molar-refractivity contribution in [3.8, 4) is 11.5 Å². The second kappa shape index (κ2) is 8.20. The van der Waals surface area contributed by atoms with E-state index in [0.29, 0.717) is 5.39 Å². The average Bonchev–Trinajstić information content (AvgIpc) is 2.60. The Morgan fingerprint density at radius 3 is 2.25 bits per heavy atom. The Labute approximate surface area is 180 Å². The number of nitro groups is 1. The topological polar surface area (TPSA) is 166 Å². The van der Waals surface area contributed by atoms with Gasteiger partial charge in [-0.3, -0.25) is 10.1 Å². The van der Waals surface area contributed by atoms with E-state index in [4.69, 9.17) is 0 Å². The van der Waals surface area contributed by atoms with Crippen LogP contribution in [0.2, 0.25) is 0 Å². The van der Waals surface area contributed by atoms with Gasteiger partial charge in [0.2, 0.25) is 0 Å². The van der Waals surface area contributed by atoms with Gasteiger partial charge in [-0.25, -0.2) is 8.42 Å². The molecule has 0 bridgehead atoms. The molecule has 2 N–H and O–H groups in total. The van der Waals surface area contributed by atoms with E-state index in [1.807, 2.05) is 0 Å². The predicted molar refractivity (Wildman–Crippen MR) is 92.5 cm³/mol. The molecule has 0 saturated carbocycles. The smallest absolute Gasteiger partial charge is 0.744 e. The summed E-state index contributed by atoms with van der Waals surface area (Å²) < 4.78 is 33.4. The van der Waals surface area contributed by atoms with E-state index in [0.717, 1.165) is 30.3 Å². The third-order valence-corrected chi connectivity index (χ3v) is 4.49. The Balaban J connectivity index is 0.00000280. The SMILES string of the molecule is O=[N+]([O-])c1ccc(O)c(N=Nc2c(O)ccc3cc(S(=O)(=O)[O-])ccc23)c1.[Na+]. The zero-order chi connectivity index (χ0) is 19.8. The molecular weight excluding hydrogens is 401 g/mol. The molecule has 28 heavy (non-hydrogen) atoms. The fraction of sp³-hybridized carbons (Fsp3) is 0. The molecular formula is C16H10N3NaO7S. The van der Waals surface area contributed by atoms with Gasteiger partial charge in [0, 0.05) is 17.5 Å². The maximum Gasteiger partial charge on any atom is 1.00 e. The molecule has 0 aliphatic heterocycles. The minimum Gasteiger partial charge on any atom is -0.744 e. The number of hydrogen-bond acceptors (Lipinski definition) is 9. The molecule has 3 aromatic carbocycles. The van der Waals surface area contributed by atoms with Crippen LogP contribution in [-0.2, 0) is 10.1 Å². The molecule has 0 radical (unpaired) electrons. The number of benzene rings is 3. The van der Waals surface area contributed by atoms with Crippen molar-refractivity contribution in [1.29, 1.82) is 0 Å². The van der Waals surface area contributed by atoms with Crippen LogP contribution in [0.15, 0.2) is 63.7 Å². The zero-order valence-electron chi connectivity index (χ0n) is 14.3. The molecule has 10 nitrogen and oxygen atoms in total. The number of aromatic hydroxyl groups is 2. The Morgan fingerprint density at radius 1 is 0.929 bits per heavy atom. The van der Waals surface area contributed by atoms with Gasteiger partial charge in [-0.05, 0) is 29.7 Å². The van der Waals surface area contributed by atoms with Crippen molar-refractivity contribution >= 4 is 38.0 Å². The Bertz CT molecular complexity index is 1210. The van der Waals surface area contributed by atoms with Crippen LogP contribution in [0.1, 0.15) is 0 Å². The molecule has 0 atom stereocenters. The molecule has 0 fully saturated rings. The summed E-state index contributed by atoms with van der Waals surface area (Å²) in [4.78, 5) is 9.71. The third-order valence-electron chi connectivity index (χ3n) is 3.66. The maximum atomic E-state index is 11.1. The Kier molecular flexibility index (Phi) is 6.37. The first-order valence-corrected chi connectivity index (χ1v) is 8.68. The van der Waals surface area contributed by atoms with Crippen LogP contribution in [0.5, 0.6) is 11.5 Å². The summed E-state index contributed by atoms with van der Waals surface area (Å²) >= 11 is 0. The van der Waals surface area contributed by atoms with Gasteiger partial charge in [0.15, 0.2) is 0 Å². The summed E-state index contributed by atoms with van der Waals surface area (Å²) in [5, 5.41) is 38.8. The van der Waals surface area contributed by atoms with Crippen molar-refractivity contribution < 1.29 is 57.7 Å². The fourth-order valence-corrected chi connectivity index (χ4v) is 2.86. The van der Waals surface area contributed by atoms with Crippen LogP contribution in [0, 0.1) is 10.1 Å². The van der Waals surface area contributed by atoms with E-state index in [2.05, 4.69) is 10.2 Å². The number of nitro benzene ring substituents is 1. The number of phenolic OH excluding ortho intramolecular Hbond substituents is 2. The molecule has 0 spiro atoms. The van der Waals surface area contributed by atoms with Crippen molar-refractivity contribution in [3.63, 3.8) is 0 Å². The van der Waals surface area contributed by atoms with Crippen molar-refractivity contribution in [2.45, 2.75) is 4.90 Å². The number of non-ortho nitro benzene ring substituents is 1. The van der Waals surface area contributed by atoms with Gasteiger partial charge in [0.1, 0.15) is 33.0 Å². The maximum absolute atomic E-state index is 11.1. The summed E-state index contributed by atoms with van der Waals surface area (Å²) in [6, 6.07) is 9.27. The molecule has 3 rings (SSSR count). The first-order valence-electron chi connectivity index (χ1n) is 7.27. The van der Waals surface area contributed by atoms with Crippen LogP contribution in [-0.4, -0.2) is 28.1 Å². The molecule has 3 aromatic rings. The second-order valence-electron chi connectivity index (χ2n) is 5.40. The monoisotopic (exact) mass is 411 g/mol. The molecule has 0 unspecified atom stereocenters. The summed E-state index contributed by atoms with van der Waals surface area (Å²) in [7, 11) is -4.65. The van der Waals surface area contributed by atoms with Gasteiger partial charge in [-0.15, -0.1) is 10.2 Å². The zero-order valence-corrected chi connectivity index (χ0v) is 17.1. The van der Waals surface area contributed by atoms with Gasteiger partial charge < -0.3 is 14.8 Å². The average molecular weight is 411 g/mol. The number of hydrogen-bond donors (Lipinski definition) is 2. The van der Waals surface area contributed by atoms with Crippen LogP contribution >= 0.6 is 0 Å². The van der Waals surface area contributed by atoms with Crippen molar-refractivity contribution in [2.75, 3.05) is 0 Å². The summed E-state index contributed by atoms with van der Waals surface area (Å²) in [5.41, 5.74) is -0.568. The van der Waals surface area contributed by atoms with Crippen LogP contribution in [0.25, 0.3) is 10.8 Å². The summed E-state index contributed by atoms with van der Waals surface area (Å²) in [6.45, 7) is 0. The minimum atomic E-state index is -4.65. The first-order chi connectivity index (χ1) is 12.7. The summed E-state index contributed by atoms with van der Waals surface area (Å²) in [6.07, 6.45) is 0. The normalized spacial score (nSPS) is 11.5. The standard InChI is InChI=1S/C16H11N3O7S.Na/c20-14-6-2-10(19(22)23)8-13(14)17-18-16-12-4-3-11(27(24,25)26)7-9(12)1-5-15(16)21;/h1-8,20-21H,(H,24,25,26);/q;+1/p-1. The predicted octanol–water partition coefficient (Wildman–Crippen LogP) is 0.483. The molecule has 0 aromatic heterocycles. The molecule has 138 valence electrons. The van der Waals surface area contributed by atoms with E-state index < -0.39 is 19.9 Å². The van der Waals surface area contributed by atoms with Crippen LogP contribution in [0.4, 0.5) is 17.1 Å². The molecule has 0 amide bonds. The van der Waals surface area contributed by atoms with Crippen molar-refractivity contribution in [3.05, 3.63) is 58.6 Å². The van der Waals surface area contributed by atoms with Crippen molar-refractivity contribution in [2.24, 2.45) is 10.2 Å². The third kappa shape index (κ3) is 4.46. The van der Waals surface area contributed by atoms with Crippen LogP contribution < -0.4 is 29.6 Å². The fourth-order valence-electron chi connectivity index (χ4n) is 2.35. The Morgan fingerprint density at radius 2 is 1.61 bits per heavy atom. The number of fused-ring (bicyclic) bond motifs is 1. The van der Waals surface area contributed by atoms with Gasteiger partial charge >= 0.3 is 29.6 Å². The van der Waals surface area contributed by atoms with E-state index in [1.165, 1.54) is 18.2 Å². The second-order valence-corrected chi connectivity index (χ2v) is 6.78. The first kappa shape index (κ1) is 21.7. The molecule has 0 aliphatic rings. The van der Waals surface area contributed by atoms with Gasteiger partial charge in [0.25, 0.3) is 5.69 Å². The van der Waals surface area contributed by atoms with Crippen LogP contribution in [0.3, 0.4) is 0 Å². The number of nitrogens with zero attached hydrogens (tertiary/aromatic N) is 3. The van der Waals surface area contributed by atoms with E-state index in [1.54, 1.807) is 0 Å². The Hall–Kier alpha value is -2.57. The molecule has 0 aliphatic carbocycles. The van der Waals surface area contributed by atoms with Crippen molar-refractivity contribution in [1.82, 2.24) is 0 Å².